The minimum atomic E-state index is -0.0684. The fraction of sp³-hybridized carbons (Fsp3) is 0.444. The number of hydrogen-bond donors (Lipinski definition) is 2. The summed E-state index contributed by atoms with van der Waals surface area (Å²) in [6, 6.07) is 7.58. The minimum absolute atomic E-state index is 0.0684. The lowest BCUT2D eigenvalue weighted by Crippen LogP contribution is -2.41. The van der Waals surface area contributed by atoms with E-state index in [1.807, 2.05) is 45.0 Å². The molecule has 1 unspecified atom stereocenters. The van der Waals surface area contributed by atoms with Gasteiger partial charge in [-0.15, -0.1) is 0 Å². The van der Waals surface area contributed by atoms with Gasteiger partial charge in [0.15, 0.2) is 17.5 Å². The molecule has 0 aliphatic heterocycles. The summed E-state index contributed by atoms with van der Waals surface area (Å²) in [6.45, 7) is 6.85. The molecular weight excluding hydrogens is 320 g/mol. The second-order valence-corrected chi connectivity index (χ2v) is 5.64. The number of nitrogens with one attached hydrogen (secondary N) is 2. The van der Waals surface area contributed by atoms with Crippen LogP contribution in [0.5, 0.6) is 11.5 Å². The van der Waals surface area contributed by atoms with Crippen molar-refractivity contribution in [2.75, 3.05) is 20.7 Å². The van der Waals surface area contributed by atoms with Crippen LogP contribution in [0.4, 0.5) is 0 Å². The Hall–Kier alpha value is -2.70. The summed E-state index contributed by atoms with van der Waals surface area (Å²) in [5.74, 6) is 3.55. The van der Waals surface area contributed by atoms with E-state index in [2.05, 4.69) is 20.6 Å². The quantitative estimate of drug-likeness (QED) is 0.592. The van der Waals surface area contributed by atoms with Crippen molar-refractivity contribution in [3.8, 4) is 11.5 Å². The third kappa shape index (κ3) is 5.41. The van der Waals surface area contributed by atoms with Crippen molar-refractivity contribution in [1.29, 1.82) is 0 Å². The maximum Gasteiger partial charge on any atom is 0.214 e. The minimum Gasteiger partial charge on any atom is -0.493 e. The Morgan fingerprint density at radius 3 is 2.56 bits per heavy atom. The van der Waals surface area contributed by atoms with Gasteiger partial charge in [0, 0.05) is 7.05 Å². The Labute approximate surface area is 148 Å². The molecule has 2 rings (SSSR count). The van der Waals surface area contributed by atoms with Gasteiger partial charge in [-0.25, -0.2) is 4.98 Å². The number of aliphatic imine (C=N–C) groups is 1. The fourth-order valence-corrected chi connectivity index (χ4v) is 2.21. The van der Waals surface area contributed by atoms with Gasteiger partial charge in [-0.1, -0.05) is 12.1 Å². The Balaban J connectivity index is 1.81. The molecule has 7 nitrogen and oxygen atoms in total. The van der Waals surface area contributed by atoms with Crippen molar-refractivity contribution >= 4 is 5.96 Å². The van der Waals surface area contributed by atoms with Gasteiger partial charge in [0.05, 0.1) is 25.9 Å². The fourth-order valence-electron chi connectivity index (χ4n) is 2.21. The number of aromatic nitrogens is 1. The van der Waals surface area contributed by atoms with Crippen LogP contribution in [0.1, 0.15) is 24.3 Å². The molecule has 1 heterocycles. The van der Waals surface area contributed by atoms with E-state index in [0.29, 0.717) is 36.4 Å². The first-order valence-corrected chi connectivity index (χ1v) is 8.20. The third-order valence-corrected chi connectivity index (χ3v) is 3.66. The molecule has 0 fully saturated rings. The highest BCUT2D eigenvalue weighted by atomic mass is 16.5. The number of para-hydroxylation sites is 2. The summed E-state index contributed by atoms with van der Waals surface area (Å²) in [5.41, 5.74) is 0.901. The Morgan fingerprint density at radius 2 is 1.96 bits per heavy atom. The monoisotopic (exact) mass is 346 g/mol. The van der Waals surface area contributed by atoms with Crippen LogP contribution in [-0.2, 0) is 6.54 Å². The maximum atomic E-state index is 5.91. The number of oxazole rings is 1. The van der Waals surface area contributed by atoms with Gasteiger partial charge >= 0.3 is 0 Å². The van der Waals surface area contributed by atoms with Crippen molar-refractivity contribution in [2.45, 2.75) is 33.4 Å². The van der Waals surface area contributed by atoms with Crippen LogP contribution in [-0.4, -0.2) is 37.7 Å². The van der Waals surface area contributed by atoms with Gasteiger partial charge in [0.1, 0.15) is 11.9 Å². The molecule has 0 spiro atoms. The Kier molecular flexibility index (Phi) is 6.68. The summed E-state index contributed by atoms with van der Waals surface area (Å²) in [5, 5.41) is 6.39. The van der Waals surface area contributed by atoms with Crippen LogP contribution in [0.25, 0.3) is 0 Å². The molecule has 0 saturated heterocycles. The van der Waals surface area contributed by atoms with Crippen LogP contribution < -0.4 is 20.1 Å². The number of aryl methyl sites for hydroxylation is 2. The molecule has 0 aliphatic rings. The Bertz CT molecular complexity index is 693. The number of methoxy groups -OCH3 is 1. The molecule has 1 aromatic carbocycles. The van der Waals surface area contributed by atoms with Crippen molar-refractivity contribution in [3.05, 3.63) is 41.6 Å². The summed E-state index contributed by atoms with van der Waals surface area (Å²) in [7, 11) is 3.34. The summed E-state index contributed by atoms with van der Waals surface area (Å²) in [6.07, 6.45) is -0.0684. The van der Waals surface area contributed by atoms with E-state index in [1.165, 1.54) is 0 Å². The molecule has 0 amide bonds. The topological polar surface area (TPSA) is 80.9 Å². The molecule has 136 valence electrons. The van der Waals surface area contributed by atoms with E-state index in [9.17, 15) is 0 Å². The van der Waals surface area contributed by atoms with E-state index in [-0.39, 0.29) is 6.10 Å². The summed E-state index contributed by atoms with van der Waals surface area (Å²) < 4.78 is 16.7. The van der Waals surface area contributed by atoms with Gasteiger partial charge in [-0.05, 0) is 32.9 Å². The zero-order valence-electron chi connectivity index (χ0n) is 15.4. The van der Waals surface area contributed by atoms with Crippen LogP contribution >= 0.6 is 0 Å². The van der Waals surface area contributed by atoms with Crippen LogP contribution in [0.2, 0.25) is 0 Å². The van der Waals surface area contributed by atoms with Gasteiger partial charge in [-0.3, -0.25) is 4.99 Å². The molecule has 2 aromatic rings. The maximum absolute atomic E-state index is 5.91. The molecule has 1 atom stereocenters. The summed E-state index contributed by atoms with van der Waals surface area (Å²) >= 11 is 0. The zero-order chi connectivity index (χ0) is 18.2. The lowest BCUT2D eigenvalue weighted by molar-refractivity contribution is 0.213. The largest absolute Gasteiger partial charge is 0.493 e. The first-order valence-electron chi connectivity index (χ1n) is 8.20. The highest BCUT2D eigenvalue weighted by Gasteiger charge is 2.10. The Morgan fingerprint density at radius 1 is 1.24 bits per heavy atom. The van der Waals surface area contributed by atoms with Crippen molar-refractivity contribution in [1.82, 2.24) is 15.6 Å². The number of rotatable bonds is 7. The third-order valence-electron chi connectivity index (χ3n) is 3.66. The van der Waals surface area contributed by atoms with Gasteiger partial charge < -0.3 is 24.5 Å². The molecule has 0 saturated carbocycles. The number of benzene rings is 1. The lowest BCUT2D eigenvalue weighted by Gasteiger charge is -2.18. The molecule has 0 radical (unpaired) electrons. The van der Waals surface area contributed by atoms with Crippen molar-refractivity contribution in [2.24, 2.45) is 4.99 Å². The second kappa shape index (κ2) is 8.96. The van der Waals surface area contributed by atoms with E-state index in [4.69, 9.17) is 13.9 Å². The highest BCUT2D eigenvalue weighted by Crippen LogP contribution is 2.26. The molecule has 0 bridgehead atoms. The predicted molar refractivity (Wildman–Crippen MR) is 97.3 cm³/mol. The van der Waals surface area contributed by atoms with Crippen LogP contribution in [0.3, 0.4) is 0 Å². The van der Waals surface area contributed by atoms with E-state index >= 15 is 0 Å². The molecule has 2 N–H and O–H groups in total. The van der Waals surface area contributed by atoms with E-state index in [0.717, 1.165) is 11.5 Å². The molecule has 25 heavy (non-hydrogen) atoms. The summed E-state index contributed by atoms with van der Waals surface area (Å²) in [4.78, 5) is 8.53. The van der Waals surface area contributed by atoms with Crippen LogP contribution in [0, 0.1) is 13.8 Å². The molecular formula is C18H26N4O3. The normalized spacial score (nSPS) is 12.6. The first-order chi connectivity index (χ1) is 12.0. The number of hydrogen-bond acceptors (Lipinski definition) is 5. The van der Waals surface area contributed by atoms with Gasteiger partial charge in [-0.2, -0.15) is 0 Å². The number of guanidine groups is 1. The van der Waals surface area contributed by atoms with E-state index < -0.39 is 0 Å². The molecule has 1 aromatic heterocycles. The zero-order valence-corrected chi connectivity index (χ0v) is 15.4. The van der Waals surface area contributed by atoms with E-state index in [1.54, 1.807) is 14.2 Å². The van der Waals surface area contributed by atoms with Crippen molar-refractivity contribution in [3.63, 3.8) is 0 Å². The van der Waals surface area contributed by atoms with Crippen molar-refractivity contribution < 1.29 is 13.9 Å². The first kappa shape index (κ1) is 18.6. The smallest absolute Gasteiger partial charge is 0.214 e. The van der Waals surface area contributed by atoms with Gasteiger partial charge in [0.2, 0.25) is 5.89 Å². The SMILES string of the molecule is CN=C(NCc1nc(C)c(C)o1)NCC(C)Oc1ccccc1OC. The number of nitrogens with zero attached hydrogens (tertiary/aromatic N) is 2. The highest BCUT2D eigenvalue weighted by molar-refractivity contribution is 5.79. The average Bonchev–Trinajstić information content (AvgIpc) is 2.93. The standard InChI is InChI=1S/C18H26N4O3/c1-12(24-16-9-7-6-8-15(16)23-5)10-20-18(19-4)21-11-17-22-13(2)14(3)25-17/h6-9,12H,10-11H2,1-5H3,(H2,19,20,21). The predicted octanol–water partition coefficient (Wildman–Crippen LogP) is 2.43. The lowest BCUT2D eigenvalue weighted by atomic mass is 10.3. The second-order valence-electron chi connectivity index (χ2n) is 5.64. The molecule has 0 aliphatic carbocycles. The average molecular weight is 346 g/mol. The van der Waals surface area contributed by atoms with Gasteiger partial charge in [0.25, 0.3) is 0 Å². The number of ether oxygens (including phenoxy) is 2. The molecule has 7 heteroatoms. The van der Waals surface area contributed by atoms with Crippen LogP contribution in [0.15, 0.2) is 33.7 Å².